The molecular weight excluding hydrogens is 546 g/mol. The van der Waals surface area contributed by atoms with Gasteiger partial charge in [-0.05, 0) is 36.4 Å². The Labute approximate surface area is 232 Å². The molecule has 0 saturated carbocycles. The second kappa shape index (κ2) is 8.61. The Morgan fingerprint density at radius 1 is 0.436 bits per heavy atom. The normalized spacial score (nSPS) is 11.7. The van der Waals surface area contributed by atoms with Crippen molar-refractivity contribution in [2.24, 2.45) is 0 Å². The van der Waals surface area contributed by atoms with E-state index in [-0.39, 0.29) is 0 Å². The van der Waals surface area contributed by atoms with Gasteiger partial charge >= 0.3 is 0 Å². The Morgan fingerprint density at radius 3 is 1.26 bits per heavy atom. The molecule has 0 amide bonds. The lowest BCUT2D eigenvalue weighted by Gasteiger charge is -2.12. The summed E-state index contributed by atoms with van der Waals surface area (Å²) in [7, 11) is 0. The third-order valence-corrected chi connectivity index (χ3v) is 7.75. The molecule has 0 N–H and O–H groups in total. The first-order valence-corrected chi connectivity index (χ1v) is 13.5. The van der Waals surface area contributed by atoms with Gasteiger partial charge in [0, 0.05) is 31.6 Å². The van der Waals surface area contributed by atoms with E-state index in [4.69, 9.17) is 15.0 Å². The van der Waals surface area contributed by atoms with Gasteiger partial charge in [-0.3, -0.25) is 9.13 Å². The van der Waals surface area contributed by atoms with Gasteiger partial charge in [-0.2, -0.15) is 15.0 Å². The largest absolute Gasteiger partial charge is 0.278 e. The average Bonchev–Trinajstić information content (AvgIpc) is 3.50. The summed E-state index contributed by atoms with van der Waals surface area (Å²) in [5.41, 5.74) is 5.13. The second-order valence-electron chi connectivity index (χ2n) is 9.51. The summed E-state index contributed by atoms with van der Waals surface area (Å²) < 4.78 is 5.26. The van der Waals surface area contributed by atoms with Gasteiger partial charge in [-0.1, -0.05) is 101 Å². The van der Waals surface area contributed by atoms with Crippen LogP contribution in [-0.2, 0) is 0 Å². The second-order valence-corrected chi connectivity index (χ2v) is 10.4. The Hall–Kier alpha value is -4.81. The van der Waals surface area contributed by atoms with E-state index in [2.05, 4.69) is 122 Å². The quantitative estimate of drug-likeness (QED) is 0.216. The third kappa shape index (κ3) is 3.42. The molecule has 5 aromatic carbocycles. The maximum atomic E-state index is 5.16. The van der Waals surface area contributed by atoms with Crippen LogP contribution in [0, 0.1) is 0 Å². The van der Waals surface area contributed by atoms with E-state index in [9.17, 15) is 0 Å². The van der Waals surface area contributed by atoms with Crippen LogP contribution in [0.1, 0.15) is 0 Å². The highest BCUT2D eigenvalue weighted by atomic mass is 79.9. The van der Waals surface area contributed by atoms with E-state index in [1.165, 1.54) is 0 Å². The zero-order valence-electron chi connectivity index (χ0n) is 20.7. The Bertz CT molecular complexity index is 1970. The lowest BCUT2D eigenvalue weighted by Crippen LogP contribution is -2.10. The summed E-state index contributed by atoms with van der Waals surface area (Å²) in [6.07, 6.45) is 0. The van der Waals surface area contributed by atoms with Crippen LogP contribution in [0.3, 0.4) is 0 Å². The molecule has 0 saturated heterocycles. The number of hydrogen-bond acceptors (Lipinski definition) is 3. The number of nitrogens with zero attached hydrogens (tertiary/aromatic N) is 5. The van der Waals surface area contributed by atoms with Crippen LogP contribution in [0.25, 0.3) is 66.9 Å². The summed E-state index contributed by atoms with van der Waals surface area (Å²) in [6, 6.07) is 41.7. The van der Waals surface area contributed by atoms with Gasteiger partial charge in [0.1, 0.15) is 0 Å². The number of rotatable bonds is 3. The predicted molar refractivity (Wildman–Crippen MR) is 162 cm³/mol. The van der Waals surface area contributed by atoms with Crippen LogP contribution < -0.4 is 0 Å². The summed E-state index contributed by atoms with van der Waals surface area (Å²) in [6.45, 7) is 0. The van der Waals surface area contributed by atoms with Crippen molar-refractivity contribution in [1.29, 1.82) is 0 Å². The van der Waals surface area contributed by atoms with E-state index >= 15 is 0 Å². The summed E-state index contributed by atoms with van der Waals surface area (Å²) in [5, 5.41) is 4.65. The van der Waals surface area contributed by atoms with Gasteiger partial charge in [0.15, 0.2) is 5.82 Å². The van der Waals surface area contributed by atoms with Gasteiger partial charge in [0.2, 0.25) is 11.9 Å². The molecule has 8 rings (SSSR count). The highest BCUT2D eigenvalue weighted by Gasteiger charge is 2.20. The standard InChI is InChI=1S/C33H20BrN5/c34-22-11-9-10-21(20-22)31-35-32(38-27-16-5-1-12-23(27)24-13-2-6-17-28(24)38)37-33(36-31)39-29-18-7-3-14-25(29)26-15-4-8-19-30(26)39/h1-20H. The number of aromatic nitrogens is 5. The number of para-hydroxylation sites is 4. The first-order chi connectivity index (χ1) is 19.3. The van der Waals surface area contributed by atoms with Crippen molar-refractivity contribution >= 4 is 59.5 Å². The number of fused-ring (bicyclic) bond motifs is 6. The number of hydrogen-bond donors (Lipinski definition) is 0. The van der Waals surface area contributed by atoms with Crippen molar-refractivity contribution in [2.45, 2.75) is 0 Å². The first-order valence-electron chi connectivity index (χ1n) is 12.8. The summed E-state index contributed by atoms with van der Waals surface area (Å²) >= 11 is 3.62. The van der Waals surface area contributed by atoms with E-state index in [1.54, 1.807) is 0 Å². The highest BCUT2D eigenvalue weighted by Crippen LogP contribution is 2.34. The molecule has 3 aromatic heterocycles. The Morgan fingerprint density at radius 2 is 0.846 bits per heavy atom. The highest BCUT2D eigenvalue weighted by molar-refractivity contribution is 9.10. The SMILES string of the molecule is Brc1cccc(-c2nc(-n3c4ccccc4c4ccccc43)nc(-n3c4ccccc4c4ccccc43)n2)c1. The third-order valence-electron chi connectivity index (χ3n) is 7.25. The van der Waals surface area contributed by atoms with Crippen LogP contribution >= 0.6 is 15.9 Å². The van der Waals surface area contributed by atoms with Crippen molar-refractivity contribution in [3.63, 3.8) is 0 Å². The van der Waals surface area contributed by atoms with Gasteiger partial charge in [-0.15, -0.1) is 0 Å². The molecule has 0 aliphatic carbocycles. The number of halogens is 1. The van der Waals surface area contributed by atoms with Crippen LogP contribution in [0.15, 0.2) is 126 Å². The topological polar surface area (TPSA) is 48.5 Å². The van der Waals surface area contributed by atoms with E-state index < -0.39 is 0 Å². The molecule has 0 aliphatic rings. The van der Waals surface area contributed by atoms with Gasteiger partial charge in [-0.25, -0.2) is 0 Å². The minimum absolute atomic E-state index is 0.578. The maximum absolute atomic E-state index is 5.16. The molecule has 0 fully saturated rings. The number of benzene rings is 5. The molecule has 0 radical (unpaired) electrons. The molecule has 0 aliphatic heterocycles. The first kappa shape index (κ1) is 22.2. The molecular formula is C33H20BrN5. The Balaban J connectivity index is 1.51. The van der Waals surface area contributed by atoms with E-state index in [0.717, 1.165) is 53.6 Å². The lowest BCUT2D eigenvalue weighted by atomic mass is 10.2. The fourth-order valence-corrected chi connectivity index (χ4v) is 5.99. The van der Waals surface area contributed by atoms with Crippen molar-refractivity contribution in [3.05, 3.63) is 126 Å². The van der Waals surface area contributed by atoms with E-state index in [0.29, 0.717) is 17.7 Å². The molecule has 5 nitrogen and oxygen atoms in total. The van der Waals surface area contributed by atoms with Gasteiger partial charge in [0.25, 0.3) is 0 Å². The Kier molecular flexibility index (Phi) is 4.90. The maximum Gasteiger partial charge on any atom is 0.240 e. The molecule has 0 unspecified atom stereocenters. The van der Waals surface area contributed by atoms with E-state index in [1.807, 2.05) is 24.3 Å². The average molecular weight is 566 g/mol. The molecule has 0 spiro atoms. The van der Waals surface area contributed by atoms with Crippen LogP contribution in [0.5, 0.6) is 0 Å². The fourth-order valence-electron chi connectivity index (χ4n) is 5.59. The minimum Gasteiger partial charge on any atom is -0.278 e. The monoisotopic (exact) mass is 565 g/mol. The van der Waals surface area contributed by atoms with Crippen LogP contribution in [0.4, 0.5) is 0 Å². The zero-order valence-corrected chi connectivity index (χ0v) is 22.2. The van der Waals surface area contributed by atoms with Gasteiger partial charge < -0.3 is 0 Å². The molecule has 184 valence electrons. The lowest BCUT2D eigenvalue weighted by molar-refractivity contribution is 0.893. The van der Waals surface area contributed by atoms with Crippen molar-refractivity contribution in [1.82, 2.24) is 24.1 Å². The van der Waals surface area contributed by atoms with Crippen molar-refractivity contribution in [2.75, 3.05) is 0 Å². The zero-order chi connectivity index (χ0) is 25.9. The molecule has 3 heterocycles. The molecule has 39 heavy (non-hydrogen) atoms. The molecule has 8 aromatic rings. The predicted octanol–water partition coefficient (Wildman–Crippen LogP) is 8.50. The minimum atomic E-state index is 0.578. The smallest absolute Gasteiger partial charge is 0.240 e. The van der Waals surface area contributed by atoms with Crippen molar-refractivity contribution in [3.8, 4) is 23.3 Å². The molecule has 6 heteroatoms. The molecule has 0 atom stereocenters. The van der Waals surface area contributed by atoms with Crippen LogP contribution in [-0.4, -0.2) is 24.1 Å². The van der Waals surface area contributed by atoms with Gasteiger partial charge in [0.05, 0.1) is 22.1 Å². The van der Waals surface area contributed by atoms with Crippen molar-refractivity contribution < 1.29 is 0 Å². The fraction of sp³-hybridized carbons (Fsp3) is 0. The summed E-state index contributed by atoms with van der Waals surface area (Å²) in [4.78, 5) is 15.3. The molecule has 0 bridgehead atoms. The van der Waals surface area contributed by atoms with Crippen LogP contribution in [0.2, 0.25) is 0 Å². The summed E-state index contributed by atoms with van der Waals surface area (Å²) in [5.74, 6) is 1.77.